The molecule has 4 nitrogen and oxygen atoms in total. The van der Waals surface area contributed by atoms with Crippen molar-refractivity contribution in [3.63, 3.8) is 0 Å². The first kappa shape index (κ1) is 20.9. The zero-order valence-electron chi connectivity index (χ0n) is 15.3. The topological polar surface area (TPSA) is 74.6 Å². The standard InChI is InChI=1S/C17H24O4.Mg.2H/c1-2-3-4-5-6-10-13-17(15(18)19,16(20)21)14-11-8-7-9-12-14;;;/h7-9,11-12H,2-6,10,13H2,1H3,(H,18,19)(H,20,21);;;/q;+2;2*-1. The van der Waals surface area contributed by atoms with Gasteiger partial charge in [0.15, 0.2) is 5.41 Å². The van der Waals surface area contributed by atoms with E-state index in [1.807, 2.05) is 0 Å². The summed E-state index contributed by atoms with van der Waals surface area (Å²) in [6.07, 6.45) is 6.08. The van der Waals surface area contributed by atoms with Crippen LogP contribution in [0.3, 0.4) is 0 Å². The molecule has 0 saturated heterocycles. The average Bonchev–Trinajstić information content (AvgIpc) is 2.47. The molecule has 2 N–H and O–H groups in total. The molecule has 1 aromatic rings. The zero-order valence-corrected chi connectivity index (χ0v) is 14.7. The molecule has 0 amide bonds. The van der Waals surface area contributed by atoms with Gasteiger partial charge in [-0.1, -0.05) is 75.8 Å². The third kappa shape index (κ3) is 5.28. The summed E-state index contributed by atoms with van der Waals surface area (Å²) >= 11 is 0. The average molecular weight is 319 g/mol. The van der Waals surface area contributed by atoms with Crippen LogP contribution in [0.25, 0.3) is 0 Å². The van der Waals surface area contributed by atoms with Gasteiger partial charge in [-0.25, -0.2) is 0 Å². The van der Waals surface area contributed by atoms with Crippen LogP contribution in [0.5, 0.6) is 0 Å². The summed E-state index contributed by atoms with van der Waals surface area (Å²) in [5, 5.41) is 19.0. The molecule has 120 valence electrons. The van der Waals surface area contributed by atoms with E-state index >= 15 is 0 Å². The molecule has 0 unspecified atom stereocenters. The Balaban J connectivity index is -0.00000147. The van der Waals surface area contributed by atoms with Gasteiger partial charge in [-0.05, 0) is 12.0 Å². The molecule has 22 heavy (non-hydrogen) atoms. The van der Waals surface area contributed by atoms with Gasteiger partial charge < -0.3 is 13.1 Å². The molecule has 0 aromatic heterocycles. The van der Waals surface area contributed by atoms with Crippen LogP contribution in [-0.4, -0.2) is 45.2 Å². The van der Waals surface area contributed by atoms with Crippen molar-refractivity contribution in [2.75, 3.05) is 0 Å². The zero-order chi connectivity index (χ0) is 15.7. The van der Waals surface area contributed by atoms with Crippen LogP contribution in [0.4, 0.5) is 0 Å². The maximum absolute atomic E-state index is 11.6. The fourth-order valence-corrected chi connectivity index (χ4v) is 2.59. The Bertz CT molecular complexity index is 455. The SMILES string of the molecule is CCCCCCCCC(C(=O)O)(C(=O)O)c1ccccc1.[H-].[H-].[Mg+2]. The minimum atomic E-state index is -1.83. The van der Waals surface area contributed by atoms with Crippen molar-refractivity contribution in [2.24, 2.45) is 0 Å². The first-order valence-corrected chi connectivity index (χ1v) is 7.58. The number of unbranched alkanes of at least 4 members (excludes halogenated alkanes) is 5. The fourth-order valence-electron chi connectivity index (χ4n) is 2.59. The quantitative estimate of drug-likeness (QED) is 0.392. The minimum absolute atomic E-state index is 0. The number of rotatable bonds is 10. The van der Waals surface area contributed by atoms with Crippen LogP contribution in [0.15, 0.2) is 30.3 Å². The molecule has 0 aliphatic heterocycles. The van der Waals surface area contributed by atoms with Crippen LogP contribution in [0.2, 0.25) is 0 Å². The molecule has 0 spiro atoms. The summed E-state index contributed by atoms with van der Waals surface area (Å²) in [6.45, 7) is 2.13. The van der Waals surface area contributed by atoms with Gasteiger partial charge in [0.25, 0.3) is 0 Å². The van der Waals surface area contributed by atoms with E-state index in [1.54, 1.807) is 30.3 Å². The Morgan fingerprint density at radius 1 is 0.955 bits per heavy atom. The van der Waals surface area contributed by atoms with Crippen LogP contribution in [0, 0.1) is 0 Å². The number of hydrogen-bond donors (Lipinski definition) is 2. The molecular weight excluding hydrogens is 292 g/mol. The maximum Gasteiger partial charge on any atom is 2.00 e. The molecular formula is C17H26MgO4. The van der Waals surface area contributed by atoms with Gasteiger partial charge in [0.2, 0.25) is 0 Å². The van der Waals surface area contributed by atoms with Crippen LogP contribution in [-0.2, 0) is 15.0 Å². The van der Waals surface area contributed by atoms with Crippen LogP contribution in [0.1, 0.15) is 60.3 Å². The molecule has 0 saturated carbocycles. The third-order valence-electron chi connectivity index (χ3n) is 3.90. The molecule has 0 atom stereocenters. The van der Waals surface area contributed by atoms with Crippen molar-refractivity contribution in [1.29, 1.82) is 0 Å². The van der Waals surface area contributed by atoms with Gasteiger partial charge in [0.1, 0.15) is 0 Å². The van der Waals surface area contributed by atoms with E-state index in [9.17, 15) is 19.8 Å². The molecule has 0 aliphatic rings. The second-order valence-electron chi connectivity index (χ2n) is 5.40. The fraction of sp³-hybridized carbons (Fsp3) is 0.529. The second-order valence-corrected chi connectivity index (χ2v) is 5.40. The minimum Gasteiger partial charge on any atom is -1.00 e. The smallest absolute Gasteiger partial charge is 1.00 e. The van der Waals surface area contributed by atoms with E-state index in [0.29, 0.717) is 12.0 Å². The first-order valence-electron chi connectivity index (χ1n) is 7.58. The van der Waals surface area contributed by atoms with Gasteiger partial charge in [-0.3, -0.25) is 9.59 Å². The van der Waals surface area contributed by atoms with Gasteiger partial charge in [-0.15, -0.1) is 0 Å². The van der Waals surface area contributed by atoms with Crippen LogP contribution >= 0.6 is 0 Å². The summed E-state index contributed by atoms with van der Waals surface area (Å²) < 4.78 is 0. The number of carboxylic acids is 2. The first-order chi connectivity index (χ1) is 10.1. The predicted molar refractivity (Wildman–Crippen MR) is 89.4 cm³/mol. The molecule has 0 aliphatic carbocycles. The van der Waals surface area contributed by atoms with E-state index in [1.165, 1.54) is 6.42 Å². The van der Waals surface area contributed by atoms with E-state index in [4.69, 9.17) is 0 Å². The molecule has 0 radical (unpaired) electrons. The monoisotopic (exact) mass is 318 g/mol. The van der Waals surface area contributed by atoms with Crippen molar-refractivity contribution < 1.29 is 22.7 Å². The number of aliphatic carboxylic acids is 2. The molecule has 5 heteroatoms. The largest absolute Gasteiger partial charge is 2.00 e. The molecule has 0 fully saturated rings. The molecule has 1 aromatic carbocycles. The van der Waals surface area contributed by atoms with Crippen molar-refractivity contribution in [3.8, 4) is 0 Å². The van der Waals surface area contributed by atoms with E-state index in [-0.39, 0.29) is 32.3 Å². The molecule has 0 bridgehead atoms. The van der Waals surface area contributed by atoms with Crippen molar-refractivity contribution >= 4 is 35.0 Å². The Morgan fingerprint density at radius 3 is 1.95 bits per heavy atom. The van der Waals surface area contributed by atoms with E-state index in [0.717, 1.165) is 25.7 Å². The summed E-state index contributed by atoms with van der Waals surface area (Å²) in [4.78, 5) is 23.3. The number of benzene rings is 1. The number of carboxylic acid groups (broad SMARTS) is 2. The Kier molecular flexibility index (Phi) is 10.1. The van der Waals surface area contributed by atoms with Gasteiger partial charge >= 0.3 is 35.0 Å². The van der Waals surface area contributed by atoms with Crippen molar-refractivity contribution in [3.05, 3.63) is 35.9 Å². The van der Waals surface area contributed by atoms with Crippen molar-refractivity contribution in [2.45, 2.75) is 57.3 Å². The summed E-state index contributed by atoms with van der Waals surface area (Å²) in [7, 11) is 0. The number of hydrogen-bond acceptors (Lipinski definition) is 2. The van der Waals surface area contributed by atoms with Gasteiger partial charge in [0.05, 0.1) is 0 Å². The normalized spacial score (nSPS) is 10.8. The molecule has 1 rings (SSSR count). The Morgan fingerprint density at radius 2 is 1.45 bits per heavy atom. The summed E-state index contributed by atoms with van der Waals surface area (Å²) in [6, 6.07) is 8.27. The van der Waals surface area contributed by atoms with Gasteiger partial charge in [-0.2, -0.15) is 0 Å². The molecule has 0 heterocycles. The van der Waals surface area contributed by atoms with E-state index < -0.39 is 17.4 Å². The second kappa shape index (κ2) is 10.6. The van der Waals surface area contributed by atoms with Gasteiger partial charge in [0, 0.05) is 0 Å². The van der Waals surface area contributed by atoms with Crippen molar-refractivity contribution in [1.82, 2.24) is 0 Å². The third-order valence-corrected chi connectivity index (χ3v) is 3.90. The van der Waals surface area contributed by atoms with Crippen LogP contribution < -0.4 is 0 Å². The predicted octanol–water partition coefficient (Wildman–Crippen LogP) is 3.69. The summed E-state index contributed by atoms with van der Waals surface area (Å²) in [5.74, 6) is -2.57. The van der Waals surface area contributed by atoms with E-state index in [2.05, 4.69) is 6.92 Å². The number of carbonyl (C=O) groups is 2. The maximum atomic E-state index is 11.6. The Labute approximate surface area is 151 Å². The summed E-state index contributed by atoms with van der Waals surface area (Å²) in [5.41, 5.74) is -1.48. The Hall–Kier alpha value is -1.07.